The molecular weight excluding hydrogens is 364 g/mol. The highest BCUT2D eigenvalue weighted by molar-refractivity contribution is 6.04. The van der Waals surface area contributed by atoms with Crippen molar-refractivity contribution in [1.29, 1.82) is 0 Å². The number of guanidine groups is 1. The second kappa shape index (κ2) is 7.78. The predicted octanol–water partition coefficient (Wildman–Crippen LogP) is 3.73. The van der Waals surface area contributed by atoms with Crippen molar-refractivity contribution in [3.8, 4) is 0 Å². The Balaban J connectivity index is 1.52. The summed E-state index contributed by atoms with van der Waals surface area (Å²) in [6.07, 6.45) is 5.87. The Morgan fingerprint density at radius 3 is 2.50 bits per heavy atom. The molecule has 1 aliphatic heterocycles. The van der Waals surface area contributed by atoms with Gasteiger partial charge in [0.15, 0.2) is 12.0 Å². The molecule has 1 aromatic rings. The third kappa shape index (κ3) is 4.04. The van der Waals surface area contributed by atoms with Gasteiger partial charge in [-0.15, -0.1) is 0 Å². The summed E-state index contributed by atoms with van der Waals surface area (Å²) in [6, 6.07) is 5.86. The molecule has 28 heavy (non-hydrogen) atoms. The summed E-state index contributed by atoms with van der Waals surface area (Å²) in [4.78, 5) is 18.5. The van der Waals surface area contributed by atoms with E-state index in [-0.39, 0.29) is 18.0 Å². The number of hydrogen-bond donors (Lipinski definition) is 1. The lowest BCUT2D eigenvalue weighted by molar-refractivity contribution is -0.171. The van der Waals surface area contributed by atoms with Crippen molar-refractivity contribution in [2.24, 2.45) is 16.6 Å². The van der Waals surface area contributed by atoms with Crippen molar-refractivity contribution in [3.05, 3.63) is 34.9 Å². The maximum Gasteiger partial charge on any atom is 0.345 e. The first-order chi connectivity index (χ1) is 13.4. The number of carbonyl (C=O) groups excluding carboxylic acids is 1. The third-order valence-electron chi connectivity index (χ3n) is 6.28. The summed E-state index contributed by atoms with van der Waals surface area (Å²) < 4.78 is 29.5. The zero-order valence-corrected chi connectivity index (χ0v) is 16.1. The molecule has 2 aliphatic carbocycles. The second-order valence-electron chi connectivity index (χ2n) is 8.26. The first kappa shape index (κ1) is 19.3. The summed E-state index contributed by atoms with van der Waals surface area (Å²) in [7, 11) is 1.65. The highest BCUT2D eigenvalue weighted by atomic mass is 19.3. The number of hydrogen-bond acceptors (Lipinski definition) is 4. The molecule has 0 saturated heterocycles. The molecule has 5 nitrogen and oxygen atoms in total. The van der Waals surface area contributed by atoms with Crippen LogP contribution in [0.5, 0.6) is 0 Å². The summed E-state index contributed by atoms with van der Waals surface area (Å²) in [5.74, 6) is 1.15. The maximum atomic E-state index is 12.6. The molecule has 0 radical (unpaired) electrons. The highest BCUT2D eigenvalue weighted by Crippen LogP contribution is 2.42. The lowest BCUT2D eigenvalue weighted by atomic mass is 9.81. The van der Waals surface area contributed by atoms with Crippen LogP contribution in [0, 0.1) is 5.92 Å². The van der Waals surface area contributed by atoms with Crippen LogP contribution in [-0.4, -0.2) is 36.5 Å². The highest BCUT2D eigenvalue weighted by Gasteiger charge is 2.35. The Hall–Kier alpha value is -2.02. The molecule has 152 valence electrons. The van der Waals surface area contributed by atoms with Crippen LogP contribution >= 0.6 is 0 Å². The van der Waals surface area contributed by atoms with Crippen molar-refractivity contribution >= 4 is 11.9 Å². The van der Waals surface area contributed by atoms with Gasteiger partial charge in [-0.3, -0.25) is 9.69 Å². The van der Waals surface area contributed by atoms with Crippen molar-refractivity contribution in [3.63, 3.8) is 0 Å². The number of nitrogens with zero attached hydrogens (tertiary/aromatic N) is 2. The van der Waals surface area contributed by atoms with Crippen LogP contribution in [0.15, 0.2) is 23.2 Å². The number of amides is 1. The lowest BCUT2D eigenvalue weighted by Crippen LogP contribution is -2.34. The number of carbonyl (C=O) groups is 1. The standard InChI is InChI=1S/C21H27F2N3O2/c1-26-19(27)18(25-21(26)24)17-11-14(13-4-5-13)6-7-15(17)10-12-2-8-16(9-3-12)28-20(22)23/h6-7,11-13,16,18,20H,2-5,8-10H2,1H3,(H2,24,25)/t12-,16+,18?. The number of ether oxygens (including phenoxy) is 1. The average molecular weight is 391 g/mol. The van der Waals surface area contributed by atoms with Crippen LogP contribution in [-0.2, 0) is 16.0 Å². The van der Waals surface area contributed by atoms with Crippen LogP contribution in [0.4, 0.5) is 8.78 Å². The van der Waals surface area contributed by atoms with E-state index in [1.54, 1.807) is 7.05 Å². The summed E-state index contributed by atoms with van der Waals surface area (Å²) in [6.45, 7) is -2.70. The van der Waals surface area contributed by atoms with Gasteiger partial charge in [-0.2, -0.15) is 8.78 Å². The van der Waals surface area contributed by atoms with Gasteiger partial charge in [0, 0.05) is 7.05 Å². The van der Waals surface area contributed by atoms with Gasteiger partial charge in [0.25, 0.3) is 5.91 Å². The van der Waals surface area contributed by atoms with Crippen LogP contribution in [0.3, 0.4) is 0 Å². The zero-order valence-electron chi connectivity index (χ0n) is 16.1. The first-order valence-corrected chi connectivity index (χ1v) is 10.1. The minimum atomic E-state index is -2.70. The number of halogens is 2. The van der Waals surface area contributed by atoms with E-state index >= 15 is 0 Å². The molecular formula is C21H27F2N3O2. The van der Waals surface area contributed by atoms with Crippen molar-refractivity contribution in [2.75, 3.05) is 7.05 Å². The van der Waals surface area contributed by atoms with Crippen molar-refractivity contribution in [1.82, 2.24) is 4.90 Å². The molecule has 0 spiro atoms. The Morgan fingerprint density at radius 1 is 1.21 bits per heavy atom. The number of aliphatic imine (C=N–C) groups is 1. The SMILES string of the molecule is CN1C(=O)C(c2cc(C3CC3)ccc2C[C@H]2CC[C@@H](OC(F)F)CC2)N=C1N. The molecule has 3 aliphatic rings. The first-order valence-electron chi connectivity index (χ1n) is 10.1. The Kier molecular flexibility index (Phi) is 5.36. The third-order valence-corrected chi connectivity index (χ3v) is 6.28. The molecule has 7 heteroatoms. The Labute approximate surface area is 163 Å². The van der Waals surface area contributed by atoms with Crippen LogP contribution < -0.4 is 5.73 Å². The van der Waals surface area contributed by atoms with Gasteiger partial charge in [-0.1, -0.05) is 18.2 Å². The van der Waals surface area contributed by atoms with Crippen LogP contribution in [0.1, 0.15) is 67.2 Å². The molecule has 0 aromatic heterocycles. The van der Waals surface area contributed by atoms with Gasteiger partial charge in [-0.25, -0.2) is 4.99 Å². The number of likely N-dealkylation sites (N-methyl/N-ethyl adjacent to an activating group) is 1. The van der Waals surface area contributed by atoms with Crippen molar-refractivity contribution < 1.29 is 18.3 Å². The fourth-order valence-corrected chi connectivity index (χ4v) is 4.43. The monoisotopic (exact) mass is 391 g/mol. The van der Waals surface area contributed by atoms with E-state index in [4.69, 9.17) is 5.73 Å². The molecule has 0 bridgehead atoms. The number of rotatable bonds is 6. The smallest absolute Gasteiger partial charge is 0.345 e. The Morgan fingerprint density at radius 2 is 1.93 bits per heavy atom. The van der Waals surface area contributed by atoms with Crippen molar-refractivity contribution in [2.45, 2.75) is 69.6 Å². The molecule has 1 aromatic carbocycles. The number of alkyl halides is 2. The largest absolute Gasteiger partial charge is 0.369 e. The van der Waals surface area contributed by atoms with Gasteiger partial charge in [0.1, 0.15) is 0 Å². The normalized spacial score (nSPS) is 28.1. The maximum absolute atomic E-state index is 12.6. The van der Waals surface area contributed by atoms with Crippen LogP contribution in [0.25, 0.3) is 0 Å². The molecule has 2 saturated carbocycles. The average Bonchev–Trinajstić information content (AvgIpc) is 3.48. The topological polar surface area (TPSA) is 67.9 Å². The predicted molar refractivity (Wildman–Crippen MR) is 102 cm³/mol. The van der Waals surface area contributed by atoms with E-state index < -0.39 is 12.7 Å². The van der Waals surface area contributed by atoms with Gasteiger partial charge in [0.2, 0.25) is 0 Å². The fraction of sp³-hybridized carbons (Fsp3) is 0.619. The second-order valence-corrected chi connectivity index (χ2v) is 8.26. The minimum absolute atomic E-state index is 0.0965. The molecule has 1 atom stereocenters. The summed E-state index contributed by atoms with van der Waals surface area (Å²) in [5, 5.41) is 0. The molecule has 4 rings (SSSR count). The van der Waals surface area contributed by atoms with Crippen LogP contribution in [0.2, 0.25) is 0 Å². The lowest BCUT2D eigenvalue weighted by Gasteiger charge is -2.29. The quantitative estimate of drug-likeness (QED) is 0.803. The minimum Gasteiger partial charge on any atom is -0.369 e. The molecule has 2 fully saturated rings. The molecule has 1 amide bonds. The van der Waals surface area contributed by atoms with Gasteiger partial charge in [-0.05, 0) is 73.5 Å². The molecule has 1 unspecified atom stereocenters. The van der Waals surface area contributed by atoms with E-state index in [1.165, 1.54) is 23.3 Å². The van der Waals surface area contributed by atoms with Gasteiger partial charge < -0.3 is 10.5 Å². The molecule has 1 heterocycles. The zero-order chi connectivity index (χ0) is 19.8. The van der Waals surface area contributed by atoms with E-state index in [0.717, 1.165) is 30.4 Å². The molecule has 2 N–H and O–H groups in total. The van der Waals surface area contributed by atoms with E-state index in [1.807, 2.05) is 0 Å². The van der Waals surface area contributed by atoms with E-state index in [2.05, 4.69) is 27.9 Å². The fourth-order valence-electron chi connectivity index (χ4n) is 4.43. The number of benzene rings is 1. The summed E-state index contributed by atoms with van der Waals surface area (Å²) >= 11 is 0. The van der Waals surface area contributed by atoms with Gasteiger partial charge in [0.05, 0.1) is 6.10 Å². The van der Waals surface area contributed by atoms with E-state index in [0.29, 0.717) is 24.7 Å². The van der Waals surface area contributed by atoms with Gasteiger partial charge >= 0.3 is 6.61 Å². The van der Waals surface area contributed by atoms with E-state index in [9.17, 15) is 13.6 Å². The number of nitrogens with two attached hydrogens (primary N) is 1. The Bertz CT molecular complexity index is 771. The summed E-state index contributed by atoms with van der Waals surface area (Å²) in [5.41, 5.74) is 9.21.